The van der Waals surface area contributed by atoms with Crippen LogP contribution in [0.25, 0.3) is 0 Å². The number of rotatable bonds is 7. The van der Waals surface area contributed by atoms with Crippen molar-refractivity contribution in [1.29, 1.82) is 0 Å². The number of nitro benzene ring substituents is 1. The smallest absolute Gasteiger partial charge is 0.310 e. The monoisotopic (exact) mass is 340 g/mol. The zero-order chi connectivity index (χ0) is 16.8. The fourth-order valence-electron chi connectivity index (χ4n) is 3.05. The largest absolute Gasteiger partial charge is 0.490 e. The topological polar surface area (TPSA) is 81.5 Å². The van der Waals surface area contributed by atoms with Crippen LogP contribution in [0, 0.1) is 10.1 Å². The lowest BCUT2D eigenvalue weighted by Crippen LogP contribution is -2.37. The quantitative estimate of drug-likeness (QED) is 0.610. The third-order valence-corrected chi connectivity index (χ3v) is 6.06. The van der Waals surface area contributed by atoms with Crippen molar-refractivity contribution in [2.75, 3.05) is 12.9 Å². The highest BCUT2D eigenvalue weighted by atomic mass is 32.2. The van der Waals surface area contributed by atoms with Crippen LogP contribution in [0.5, 0.6) is 5.75 Å². The van der Waals surface area contributed by atoms with Gasteiger partial charge in [0.2, 0.25) is 0 Å². The molecule has 2 rings (SSSR count). The normalized spacial score (nSPS) is 22.5. The summed E-state index contributed by atoms with van der Waals surface area (Å²) in [5.74, 6) is 1.000. The number of benzene rings is 1. The van der Waals surface area contributed by atoms with Gasteiger partial charge in [0.1, 0.15) is 0 Å². The number of hydrogen-bond donors (Lipinski definition) is 1. The summed E-state index contributed by atoms with van der Waals surface area (Å²) in [6.07, 6.45) is 4.16. The van der Waals surface area contributed by atoms with Gasteiger partial charge in [-0.25, -0.2) is 0 Å². The van der Waals surface area contributed by atoms with Crippen molar-refractivity contribution in [3.05, 3.63) is 33.9 Å². The van der Waals surface area contributed by atoms with Gasteiger partial charge in [-0.3, -0.25) is 14.3 Å². The molecule has 23 heavy (non-hydrogen) atoms. The molecule has 0 aliphatic heterocycles. The van der Waals surface area contributed by atoms with Crippen LogP contribution < -0.4 is 10.1 Å². The first-order valence-electron chi connectivity index (χ1n) is 7.97. The van der Waals surface area contributed by atoms with E-state index in [-0.39, 0.29) is 16.7 Å². The minimum atomic E-state index is -0.731. The Bertz CT molecular complexity index is 579. The molecular weight excluding hydrogens is 316 g/mol. The molecule has 0 unspecified atom stereocenters. The van der Waals surface area contributed by atoms with Gasteiger partial charge in [-0.15, -0.1) is 0 Å². The third kappa shape index (κ3) is 4.75. The molecule has 1 fully saturated rings. The molecular formula is C16H24N2O4S. The minimum Gasteiger partial charge on any atom is -0.490 e. The van der Waals surface area contributed by atoms with Gasteiger partial charge >= 0.3 is 5.69 Å². The lowest BCUT2D eigenvalue weighted by Gasteiger charge is -2.29. The Hall–Kier alpha value is -1.47. The summed E-state index contributed by atoms with van der Waals surface area (Å²) in [5, 5.41) is 14.7. The van der Waals surface area contributed by atoms with E-state index in [9.17, 15) is 14.3 Å². The van der Waals surface area contributed by atoms with Crippen LogP contribution >= 0.6 is 0 Å². The molecule has 0 bridgehead atoms. The van der Waals surface area contributed by atoms with Crippen molar-refractivity contribution >= 4 is 16.5 Å². The second kappa shape index (κ2) is 8.40. The molecule has 1 aliphatic rings. The molecule has 128 valence electrons. The van der Waals surface area contributed by atoms with Crippen LogP contribution in [0.2, 0.25) is 0 Å². The molecule has 7 heteroatoms. The van der Waals surface area contributed by atoms with Gasteiger partial charge in [0.15, 0.2) is 5.75 Å². The number of nitrogens with zero attached hydrogens (tertiary/aromatic N) is 1. The first-order valence-corrected chi connectivity index (χ1v) is 9.35. The molecule has 6 nitrogen and oxygen atoms in total. The van der Waals surface area contributed by atoms with Gasteiger partial charge in [0, 0.05) is 40.5 Å². The zero-order valence-electron chi connectivity index (χ0n) is 13.6. The highest BCUT2D eigenvalue weighted by Gasteiger charge is 2.25. The Labute approximate surface area is 139 Å². The maximum absolute atomic E-state index is 12.0. The van der Waals surface area contributed by atoms with Gasteiger partial charge < -0.3 is 10.1 Å². The molecule has 1 saturated carbocycles. The SMILES string of the molecule is CC[S@@](=O)[C@H]1CCC[C@H](NCc2ccc([N+](=O)[O-])c(OC)c2)C1. The molecule has 0 saturated heterocycles. The summed E-state index contributed by atoms with van der Waals surface area (Å²) in [7, 11) is 0.705. The average Bonchev–Trinajstić information content (AvgIpc) is 2.59. The lowest BCUT2D eigenvalue weighted by molar-refractivity contribution is -0.385. The van der Waals surface area contributed by atoms with Crippen LogP contribution in [-0.2, 0) is 17.3 Å². The summed E-state index contributed by atoms with van der Waals surface area (Å²) in [6, 6.07) is 5.28. The van der Waals surface area contributed by atoms with E-state index in [1.807, 2.05) is 6.92 Å². The Morgan fingerprint density at radius 1 is 1.43 bits per heavy atom. The Morgan fingerprint density at radius 3 is 2.87 bits per heavy atom. The van der Waals surface area contributed by atoms with E-state index in [1.54, 1.807) is 12.1 Å². The second-order valence-corrected chi connectivity index (χ2v) is 7.80. The fraction of sp³-hybridized carbons (Fsp3) is 0.625. The highest BCUT2D eigenvalue weighted by molar-refractivity contribution is 7.85. The van der Waals surface area contributed by atoms with E-state index in [2.05, 4.69) is 5.32 Å². The average molecular weight is 340 g/mol. The third-order valence-electron chi connectivity index (χ3n) is 4.32. The first kappa shape index (κ1) is 17.9. The van der Waals surface area contributed by atoms with Crippen LogP contribution in [0.3, 0.4) is 0 Å². The van der Waals surface area contributed by atoms with Crippen molar-refractivity contribution in [3.63, 3.8) is 0 Å². The van der Waals surface area contributed by atoms with Gasteiger partial charge in [0.25, 0.3) is 0 Å². The van der Waals surface area contributed by atoms with Crippen LogP contribution in [0.15, 0.2) is 18.2 Å². The van der Waals surface area contributed by atoms with Crippen molar-refractivity contribution in [2.45, 2.75) is 50.4 Å². The van der Waals surface area contributed by atoms with Gasteiger partial charge in [-0.05, 0) is 30.9 Å². The summed E-state index contributed by atoms with van der Waals surface area (Å²) in [4.78, 5) is 10.5. The van der Waals surface area contributed by atoms with E-state index in [1.165, 1.54) is 13.2 Å². The second-order valence-electron chi connectivity index (χ2n) is 5.80. The van der Waals surface area contributed by atoms with E-state index in [0.29, 0.717) is 12.6 Å². The van der Waals surface area contributed by atoms with Gasteiger partial charge in [-0.1, -0.05) is 19.4 Å². The molecule has 0 spiro atoms. The fourth-order valence-corrected chi connectivity index (χ4v) is 4.40. The predicted molar refractivity (Wildman–Crippen MR) is 91.2 cm³/mol. The summed E-state index contributed by atoms with van der Waals surface area (Å²) in [5.41, 5.74) is 0.929. The van der Waals surface area contributed by atoms with Crippen molar-refractivity contribution < 1.29 is 13.9 Å². The van der Waals surface area contributed by atoms with E-state index in [4.69, 9.17) is 4.74 Å². The molecule has 1 aromatic carbocycles. The van der Waals surface area contributed by atoms with E-state index < -0.39 is 15.7 Å². The molecule has 1 N–H and O–H groups in total. The molecule has 3 atom stereocenters. The van der Waals surface area contributed by atoms with Crippen LogP contribution in [0.4, 0.5) is 5.69 Å². The minimum absolute atomic E-state index is 0.0210. The number of nitro groups is 1. The number of ether oxygens (including phenoxy) is 1. The van der Waals surface area contributed by atoms with Crippen LogP contribution in [0.1, 0.15) is 38.2 Å². The molecule has 0 heterocycles. The Balaban J connectivity index is 1.95. The molecule has 0 amide bonds. The predicted octanol–water partition coefficient (Wildman–Crippen LogP) is 2.77. The number of hydrogen-bond acceptors (Lipinski definition) is 5. The Kier molecular flexibility index (Phi) is 6.53. The summed E-state index contributed by atoms with van der Waals surface area (Å²) in [6.45, 7) is 2.60. The Morgan fingerprint density at radius 2 is 2.22 bits per heavy atom. The lowest BCUT2D eigenvalue weighted by atomic mass is 9.95. The highest BCUT2D eigenvalue weighted by Crippen LogP contribution is 2.28. The molecule has 1 aliphatic carbocycles. The van der Waals surface area contributed by atoms with E-state index >= 15 is 0 Å². The summed E-state index contributed by atoms with van der Waals surface area (Å²) >= 11 is 0. The maximum atomic E-state index is 12.0. The standard InChI is InChI=1S/C16H24N2O4S/c1-3-23(21)14-6-4-5-13(10-14)17-11-12-7-8-15(18(19)20)16(9-12)22-2/h7-9,13-14,17H,3-6,10-11H2,1-2H3/t13-,14-,23+/m0/s1. The summed E-state index contributed by atoms with van der Waals surface area (Å²) < 4.78 is 17.1. The molecule has 1 aromatic rings. The van der Waals surface area contributed by atoms with E-state index in [0.717, 1.165) is 37.0 Å². The molecule has 0 aromatic heterocycles. The van der Waals surface area contributed by atoms with Gasteiger partial charge in [0.05, 0.1) is 12.0 Å². The van der Waals surface area contributed by atoms with Crippen molar-refractivity contribution in [1.82, 2.24) is 5.32 Å². The van der Waals surface area contributed by atoms with Crippen molar-refractivity contribution in [2.24, 2.45) is 0 Å². The van der Waals surface area contributed by atoms with Gasteiger partial charge in [-0.2, -0.15) is 0 Å². The molecule has 0 radical (unpaired) electrons. The van der Waals surface area contributed by atoms with Crippen molar-refractivity contribution in [3.8, 4) is 5.75 Å². The number of methoxy groups -OCH3 is 1. The first-order chi connectivity index (χ1) is 11.0. The van der Waals surface area contributed by atoms with Crippen LogP contribution in [-0.4, -0.2) is 33.3 Å². The maximum Gasteiger partial charge on any atom is 0.310 e. The number of nitrogens with one attached hydrogen (secondary N) is 1. The zero-order valence-corrected chi connectivity index (χ0v) is 14.4.